The molecule has 0 N–H and O–H groups in total. The molecule has 0 aliphatic carbocycles. The maximum absolute atomic E-state index is 8.23. The van der Waals surface area contributed by atoms with Crippen LogP contribution in [0.25, 0.3) is 0 Å². The van der Waals surface area contributed by atoms with Crippen LogP contribution in [0, 0.1) is 17.9 Å². The summed E-state index contributed by atoms with van der Waals surface area (Å²) in [5.41, 5.74) is 0. The third kappa shape index (κ3) is 2.00. The van der Waals surface area contributed by atoms with Gasteiger partial charge in [0.25, 0.3) is 0 Å². The second-order valence-corrected chi connectivity index (χ2v) is 1.91. The van der Waals surface area contributed by atoms with Gasteiger partial charge < -0.3 is 4.74 Å². The lowest BCUT2D eigenvalue weighted by molar-refractivity contribution is 0.0541. The largest absolute Gasteiger partial charge is 0.379 e. The number of hydrogen-bond donors (Lipinski definition) is 0. The number of ether oxygens (including phenoxy) is 1. The molecule has 1 aliphatic rings. The lowest BCUT2D eigenvalue weighted by Gasteiger charge is -2.22. The second kappa shape index (κ2) is 3.44. The highest BCUT2D eigenvalue weighted by Gasteiger charge is 2.08. The molecule has 1 fully saturated rings. The average Bonchev–Trinajstić information content (AvgIpc) is 1.91. The zero-order valence-corrected chi connectivity index (χ0v) is 5.21. The molecular formula is C6H9N2O. The Hall–Kier alpha value is -0.590. The lowest BCUT2D eigenvalue weighted by atomic mass is 10.4. The van der Waals surface area contributed by atoms with Crippen LogP contribution in [-0.4, -0.2) is 31.2 Å². The lowest BCUT2D eigenvalue weighted by Crippen LogP contribution is -2.33. The molecule has 9 heavy (non-hydrogen) atoms. The van der Waals surface area contributed by atoms with Crippen molar-refractivity contribution in [2.24, 2.45) is 0 Å². The van der Waals surface area contributed by atoms with Gasteiger partial charge in [-0.1, -0.05) is 0 Å². The van der Waals surface area contributed by atoms with Crippen LogP contribution in [0.4, 0.5) is 0 Å². The van der Waals surface area contributed by atoms with Crippen LogP contribution in [0.5, 0.6) is 0 Å². The fourth-order valence-corrected chi connectivity index (χ4v) is 0.788. The van der Waals surface area contributed by atoms with Crippen molar-refractivity contribution in [2.75, 3.05) is 26.3 Å². The van der Waals surface area contributed by atoms with E-state index in [1.807, 2.05) is 11.0 Å². The van der Waals surface area contributed by atoms with E-state index in [4.69, 9.17) is 10.00 Å². The number of nitriles is 1. The Balaban J connectivity index is 2.17. The number of rotatable bonds is 1. The summed E-state index contributed by atoms with van der Waals surface area (Å²) in [5.74, 6) is 0. The summed E-state index contributed by atoms with van der Waals surface area (Å²) in [4.78, 5) is 1.96. The number of nitrogens with zero attached hydrogens (tertiary/aromatic N) is 2. The summed E-state index contributed by atoms with van der Waals surface area (Å²) in [7, 11) is 0. The van der Waals surface area contributed by atoms with Crippen LogP contribution in [-0.2, 0) is 4.74 Å². The van der Waals surface area contributed by atoms with Crippen molar-refractivity contribution in [3.63, 3.8) is 0 Å². The molecule has 0 atom stereocenters. The molecule has 1 rings (SSSR count). The van der Waals surface area contributed by atoms with Gasteiger partial charge in [-0.25, -0.2) is 0 Å². The third-order valence-electron chi connectivity index (χ3n) is 1.29. The molecule has 3 nitrogen and oxygen atoms in total. The Bertz CT molecular complexity index is 113. The van der Waals surface area contributed by atoms with E-state index in [-0.39, 0.29) is 0 Å². The van der Waals surface area contributed by atoms with Crippen molar-refractivity contribution >= 4 is 0 Å². The minimum absolute atomic E-state index is 0.748. The predicted molar refractivity (Wildman–Crippen MR) is 32.3 cm³/mol. The number of hydrogen-bond acceptors (Lipinski definition) is 3. The first-order valence-electron chi connectivity index (χ1n) is 2.98. The molecule has 49 valence electrons. The molecule has 3 heteroatoms. The topological polar surface area (TPSA) is 36.3 Å². The van der Waals surface area contributed by atoms with E-state index in [1.165, 1.54) is 0 Å². The summed E-state index contributed by atoms with van der Waals surface area (Å²) in [6, 6.07) is 1.98. The van der Waals surface area contributed by atoms with E-state index in [0.717, 1.165) is 26.3 Å². The normalized spacial score (nSPS) is 21.2. The van der Waals surface area contributed by atoms with Gasteiger partial charge in [-0.15, -0.1) is 0 Å². The van der Waals surface area contributed by atoms with Gasteiger partial charge in [-0.3, -0.25) is 4.90 Å². The molecular weight excluding hydrogens is 116 g/mol. The zero-order chi connectivity index (χ0) is 6.53. The monoisotopic (exact) mass is 125 g/mol. The quantitative estimate of drug-likeness (QED) is 0.495. The molecule has 1 saturated heterocycles. The van der Waals surface area contributed by atoms with Gasteiger partial charge in [-0.05, 0) is 0 Å². The van der Waals surface area contributed by atoms with Gasteiger partial charge in [0.05, 0.1) is 19.3 Å². The molecule has 0 spiro atoms. The SMILES string of the molecule is N#C[CH]N1CCOCC1. The standard InChI is InChI=1S/C6H9N2O/c7-1-2-8-3-5-9-6-4-8/h2H,3-6H2. The Morgan fingerprint density at radius 1 is 1.44 bits per heavy atom. The molecule has 0 aromatic heterocycles. The van der Waals surface area contributed by atoms with Crippen molar-refractivity contribution in [3.8, 4) is 6.07 Å². The molecule has 1 aliphatic heterocycles. The molecule has 1 heterocycles. The second-order valence-electron chi connectivity index (χ2n) is 1.91. The molecule has 0 aromatic carbocycles. The van der Waals surface area contributed by atoms with Crippen molar-refractivity contribution in [2.45, 2.75) is 0 Å². The van der Waals surface area contributed by atoms with Gasteiger partial charge in [0, 0.05) is 13.1 Å². The minimum atomic E-state index is 0.748. The maximum atomic E-state index is 8.23. The first-order valence-corrected chi connectivity index (χ1v) is 2.98. The van der Waals surface area contributed by atoms with Crippen LogP contribution in [0.15, 0.2) is 0 Å². The molecule has 0 saturated carbocycles. The summed E-state index contributed by atoms with van der Waals surface area (Å²) >= 11 is 0. The first-order chi connectivity index (χ1) is 4.43. The number of morpholine rings is 1. The van der Waals surface area contributed by atoms with E-state index in [1.54, 1.807) is 6.54 Å². The van der Waals surface area contributed by atoms with E-state index in [9.17, 15) is 0 Å². The van der Waals surface area contributed by atoms with Crippen molar-refractivity contribution in [1.29, 1.82) is 5.26 Å². The molecule has 0 amide bonds. The van der Waals surface area contributed by atoms with Gasteiger partial charge in [0.1, 0.15) is 6.54 Å². The predicted octanol–water partition coefficient (Wildman–Crippen LogP) is 0.00397. The fourth-order valence-electron chi connectivity index (χ4n) is 0.788. The van der Waals surface area contributed by atoms with Crippen LogP contribution >= 0.6 is 0 Å². The van der Waals surface area contributed by atoms with Crippen LogP contribution in [0.1, 0.15) is 0 Å². The smallest absolute Gasteiger partial charge is 0.127 e. The Kier molecular flexibility index (Phi) is 2.49. The highest BCUT2D eigenvalue weighted by atomic mass is 16.5. The van der Waals surface area contributed by atoms with E-state index in [0.29, 0.717) is 0 Å². The van der Waals surface area contributed by atoms with Crippen molar-refractivity contribution in [3.05, 3.63) is 6.54 Å². The summed E-state index contributed by atoms with van der Waals surface area (Å²) in [6.07, 6.45) is 0. The Morgan fingerprint density at radius 3 is 2.67 bits per heavy atom. The molecule has 1 radical (unpaired) electrons. The first kappa shape index (κ1) is 6.53. The van der Waals surface area contributed by atoms with Crippen LogP contribution < -0.4 is 0 Å². The van der Waals surface area contributed by atoms with Gasteiger partial charge in [0.2, 0.25) is 0 Å². The third-order valence-corrected chi connectivity index (χ3v) is 1.29. The van der Waals surface area contributed by atoms with Crippen LogP contribution in [0.2, 0.25) is 0 Å². The molecule has 0 bridgehead atoms. The summed E-state index contributed by atoms with van der Waals surface area (Å²) < 4.78 is 5.07. The van der Waals surface area contributed by atoms with E-state index in [2.05, 4.69) is 0 Å². The van der Waals surface area contributed by atoms with Crippen molar-refractivity contribution < 1.29 is 4.74 Å². The van der Waals surface area contributed by atoms with E-state index >= 15 is 0 Å². The average molecular weight is 125 g/mol. The molecule has 0 unspecified atom stereocenters. The zero-order valence-electron chi connectivity index (χ0n) is 5.21. The summed E-state index contributed by atoms with van der Waals surface area (Å²) in [5, 5.41) is 8.23. The van der Waals surface area contributed by atoms with Crippen LogP contribution in [0.3, 0.4) is 0 Å². The van der Waals surface area contributed by atoms with Gasteiger partial charge in [0.15, 0.2) is 0 Å². The minimum Gasteiger partial charge on any atom is -0.379 e. The van der Waals surface area contributed by atoms with E-state index < -0.39 is 0 Å². The van der Waals surface area contributed by atoms with Gasteiger partial charge >= 0.3 is 0 Å². The highest BCUT2D eigenvalue weighted by Crippen LogP contribution is 1.97. The molecule has 0 aromatic rings. The fraction of sp³-hybridized carbons (Fsp3) is 0.667. The van der Waals surface area contributed by atoms with Gasteiger partial charge in [-0.2, -0.15) is 5.26 Å². The highest BCUT2D eigenvalue weighted by molar-refractivity contribution is 4.91. The Morgan fingerprint density at radius 2 is 2.11 bits per heavy atom. The Labute approximate surface area is 54.8 Å². The van der Waals surface area contributed by atoms with Crippen molar-refractivity contribution in [1.82, 2.24) is 4.90 Å². The summed E-state index contributed by atoms with van der Waals surface area (Å²) in [6.45, 7) is 4.75. The maximum Gasteiger partial charge on any atom is 0.127 e.